The molecule has 0 aromatic rings. The van der Waals surface area contributed by atoms with Crippen molar-refractivity contribution in [1.29, 1.82) is 0 Å². The van der Waals surface area contributed by atoms with Gasteiger partial charge in [0.05, 0.1) is 0 Å². The average molecular weight is 246 g/mol. The van der Waals surface area contributed by atoms with Crippen LogP contribution in [0.25, 0.3) is 0 Å². The van der Waals surface area contributed by atoms with Crippen LogP contribution in [0.1, 0.15) is 48.0 Å². The zero-order valence-electron chi connectivity index (χ0n) is 13.1. The van der Waals surface area contributed by atoms with Crippen LogP contribution in [-0.4, -0.2) is 0 Å². The van der Waals surface area contributed by atoms with E-state index in [4.69, 9.17) is 0 Å². The quantitative estimate of drug-likeness (QED) is 0.527. The lowest BCUT2D eigenvalue weighted by molar-refractivity contribution is 0.199. The second-order valence-electron chi connectivity index (χ2n) is 7.17. The van der Waals surface area contributed by atoms with E-state index in [2.05, 4.69) is 60.8 Å². The van der Waals surface area contributed by atoms with Crippen LogP contribution < -0.4 is 0 Å². The summed E-state index contributed by atoms with van der Waals surface area (Å²) in [5.74, 6) is 0.518. The Balaban J connectivity index is 5.28. The molecule has 0 nitrogen and oxygen atoms in total. The van der Waals surface area contributed by atoms with Gasteiger partial charge < -0.3 is 0 Å². The van der Waals surface area contributed by atoms with Gasteiger partial charge in [0.2, 0.25) is 0 Å². The van der Waals surface area contributed by atoms with Gasteiger partial charge in [-0.05, 0) is 28.7 Å². The molecule has 102 valence electrons. The second kappa shape index (κ2) is 6.78. The highest BCUT2D eigenvalue weighted by Crippen LogP contribution is 2.40. The summed E-state index contributed by atoms with van der Waals surface area (Å²) in [7, 11) is 0. The van der Waals surface area contributed by atoms with Gasteiger partial charge in [0.15, 0.2) is 0 Å². The predicted octanol–water partition coefficient (Wildman–Crippen LogP) is 5.94. The minimum absolute atomic E-state index is 0.245. The molecule has 0 saturated carbocycles. The third kappa shape index (κ3) is 6.64. The standard InChI is InChI=1S/C18H30/c1-9-11-12-13-15(10-2)16(18(6,7)8)14-17(3,4)5/h9-13,16H,1-2,14H2,3-8H3/b12-11-,15-13+. The van der Waals surface area contributed by atoms with Crippen molar-refractivity contribution >= 4 is 0 Å². The van der Waals surface area contributed by atoms with Gasteiger partial charge in [-0.15, -0.1) is 0 Å². The third-order valence-electron chi connectivity index (χ3n) is 3.04. The van der Waals surface area contributed by atoms with Crippen LogP contribution in [0.4, 0.5) is 0 Å². The fourth-order valence-corrected chi connectivity index (χ4v) is 2.11. The Kier molecular flexibility index (Phi) is 6.38. The van der Waals surface area contributed by atoms with E-state index in [9.17, 15) is 0 Å². The van der Waals surface area contributed by atoms with E-state index in [1.165, 1.54) is 5.57 Å². The largest absolute Gasteiger partial charge is 0.0991 e. The van der Waals surface area contributed by atoms with Crippen molar-refractivity contribution in [1.82, 2.24) is 0 Å². The molecule has 0 aliphatic carbocycles. The molecule has 0 N–H and O–H groups in total. The number of rotatable bonds is 5. The van der Waals surface area contributed by atoms with E-state index in [0.717, 1.165) is 6.42 Å². The van der Waals surface area contributed by atoms with E-state index in [1.54, 1.807) is 6.08 Å². The Morgan fingerprint density at radius 2 is 1.56 bits per heavy atom. The molecule has 0 aromatic heterocycles. The van der Waals surface area contributed by atoms with Crippen LogP contribution in [0.15, 0.2) is 49.1 Å². The zero-order valence-corrected chi connectivity index (χ0v) is 13.1. The smallest absolute Gasteiger partial charge is 0.0108 e. The molecule has 0 rings (SSSR count). The third-order valence-corrected chi connectivity index (χ3v) is 3.04. The number of hydrogen-bond acceptors (Lipinski definition) is 0. The monoisotopic (exact) mass is 246 g/mol. The van der Waals surface area contributed by atoms with E-state index in [0.29, 0.717) is 11.3 Å². The van der Waals surface area contributed by atoms with Gasteiger partial charge in [-0.1, -0.05) is 85.1 Å². The molecule has 0 bridgehead atoms. The summed E-state index contributed by atoms with van der Waals surface area (Å²) in [6, 6.07) is 0. The minimum Gasteiger partial charge on any atom is -0.0991 e. The lowest BCUT2D eigenvalue weighted by Crippen LogP contribution is -2.26. The lowest BCUT2D eigenvalue weighted by atomic mass is 9.68. The summed E-state index contributed by atoms with van der Waals surface area (Å²) in [5.41, 5.74) is 1.88. The van der Waals surface area contributed by atoms with E-state index in [-0.39, 0.29) is 5.41 Å². The molecular formula is C18H30. The molecule has 0 saturated heterocycles. The molecule has 1 atom stereocenters. The first kappa shape index (κ1) is 17.0. The Morgan fingerprint density at radius 1 is 1.00 bits per heavy atom. The SMILES string of the molecule is C=C/C=C\C=C(/C=C)C(CC(C)(C)C)C(C)(C)C. The molecule has 0 fully saturated rings. The van der Waals surface area contributed by atoms with Gasteiger partial charge in [0.1, 0.15) is 0 Å². The maximum atomic E-state index is 3.98. The van der Waals surface area contributed by atoms with E-state index < -0.39 is 0 Å². The molecule has 0 heterocycles. The molecule has 0 aliphatic rings. The average Bonchev–Trinajstić information content (AvgIpc) is 2.19. The Morgan fingerprint density at radius 3 is 1.89 bits per heavy atom. The van der Waals surface area contributed by atoms with Gasteiger partial charge >= 0.3 is 0 Å². The molecule has 0 heteroatoms. The van der Waals surface area contributed by atoms with E-state index in [1.807, 2.05) is 18.2 Å². The van der Waals surface area contributed by atoms with Crippen LogP contribution in [0, 0.1) is 16.7 Å². The van der Waals surface area contributed by atoms with Crippen molar-refractivity contribution in [2.75, 3.05) is 0 Å². The van der Waals surface area contributed by atoms with Crippen LogP contribution in [0.2, 0.25) is 0 Å². The summed E-state index contributed by atoms with van der Waals surface area (Å²) in [5, 5.41) is 0. The molecule has 0 aliphatic heterocycles. The van der Waals surface area contributed by atoms with Crippen LogP contribution in [-0.2, 0) is 0 Å². The fraction of sp³-hybridized carbons (Fsp3) is 0.556. The topological polar surface area (TPSA) is 0 Å². The number of allylic oxidation sites excluding steroid dienone is 6. The highest BCUT2D eigenvalue weighted by molar-refractivity contribution is 5.27. The van der Waals surface area contributed by atoms with Crippen molar-refractivity contribution < 1.29 is 0 Å². The highest BCUT2D eigenvalue weighted by Gasteiger charge is 2.30. The summed E-state index contributed by atoms with van der Waals surface area (Å²) in [6.07, 6.45) is 11.1. The summed E-state index contributed by atoms with van der Waals surface area (Å²) in [4.78, 5) is 0. The molecule has 1 unspecified atom stereocenters. The predicted molar refractivity (Wildman–Crippen MR) is 84.6 cm³/mol. The molecular weight excluding hydrogens is 216 g/mol. The lowest BCUT2D eigenvalue weighted by Gasteiger charge is -2.36. The second-order valence-corrected chi connectivity index (χ2v) is 7.17. The maximum Gasteiger partial charge on any atom is -0.0108 e. The fourth-order valence-electron chi connectivity index (χ4n) is 2.11. The minimum atomic E-state index is 0.245. The van der Waals surface area contributed by atoms with Crippen molar-refractivity contribution in [3.05, 3.63) is 49.1 Å². The van der Waals surface area contributed by atoms with Crippen LogP contribution >= 0.6 is 0 Å². The molecule has 0 spiro atoms. The first-order chi connectivity index (χ1) is 8.11. The Labute approximate surface area is 114 Å². The van der Waals surface area contributed by atoms with Gasteiger partial charge in [-0.2, -0.15) is 0 Å². The van der Waals surface area contributed by atoms with Gasteiger partial charge in [0.25, 0.3) is 0 Å². The van der Waals surface area contributed by atoms with Crippen molar-refractivity contribution in [3.63, 3.8) is 0 Å². The van der Waals surface area contributed by atoms with Crippen LogP contribution in [0.3, 0.4) is 0 Å². The van der Waals surface area contributed by atoms with Crippen molar-refractivity contribution in [3.8, 4) is 0 Å². The first-order valence-electron chi connectivity index (χ1n) is 6.73. The zero-order chi connectivity index (χ0) is 14.4. The summed E-state index contributed by atoms with van der Waals surface area (Å²) >= 11 is 0. The van der Waals surface area contributed by atoms with Gasteiger partial charge in [-0.25, -0.2) is 0 Å². The molecule has 0 amide bonds. The summed E-state index contributed by atoms with van der Waals surface area (Å²) < 4.78 is 0. The van der Waals surface area contributed by atoms with Gasteiger partial charge in [0, 0.05) is 0 Å². The highest BCUT2D eigenvalue weighted by atomic mass is 14.3. The molecule has 0 radical (unpaired) electrons. The molecule has 18 heavy (non-hydrogen) atoms. The maximum absolute atomic E-state index is 3.98. The molecule has 0 aromatic carbocycles. The first-order valence-corrected chi connectivity index (χ1v) is 6.73. The van der Waals surface area contributed by atoms with Crippen molar-refractivity contribution in [2.24, 2.45) is 16.7 Å². The Hall–Kier alpha value is -1.04. The van der Waals surface area contributed by atoms with Crippen LogP contribution in [0.5, 0.6) is 0 Å². The summed E-state index contributed by atoms with van der Waals surface area (Å²) in [6.45, 7) is 21.5. The van der Waals surface area contributed by atoms with Crippen molar-refractivity contribution in [2.45, 2.75) is 48.0 Å². The Bertz CT molecular complexity index is 326. The van der Waals surface area contributed by atoms with Gasteiger partial charge in [-0.3, -0.25) is 0 Å². The van der Waals surface area contributed by atoms with E-state index >= 15 is 0 Å². The number of hydrogen-bond donors (Lipinski definition) is 0. The normalized spacial score (nSPS) is 15.8.